The number of nitrogens with one attached hydrogen (secondary N) is 1. The summed E-state index contributed by atoms with van der Waals surface area (Å²) in [7, 11) is 1.73. The maximum Gasteiger partial charge on any atom is 0.251 e. The van der Waals surface area contributed by atoms with Crippen molar-refractivity contribution in [3.63, 3.8) is 0 Å². The highest BCUT2D eigenvalue weighted by molar-refractivity contribution is 5.86. The van der Waals surface area contributed by atoms with Gasteiger partial charge in [0.1, 0.15) is 6.61 Å². The Kier molecular flexibility index (Phi) is 3.68. The van der Waals surface area contributed by atoms with Crippen LogP contribution in [0.3, 0.4) is 0 Å². The van der Waals surface area contributed by atoms with Crippen LogP contribution in [0.15, 0.2) is 24.3 Å². The standard InChI is InChI=1S/C16H20N2O3/c1-10-3-5-11(6-4-10)14-15(16(20)17-12-7-8-12)21-9-13(19)18(14)2/h3-6,12,14-15H,7-9H2,1-2H3,(H,17,20). The van der Waals surface area contributed by atoms with Gasteiger partial charge in [0.15, 0.2) is 6.10 Å². The van der Waals surface area contributed by atoms with E-state index >= 15 is 0 Å². The van der Waals surface area contributed by atoms with Gasteiger partial charge >= 0.3 is 0 Å². The number of carbonyl (C=O) groups excluding carboxylic acids is 2. The maximum absolute atomic E-state index is 12.4. The molecule has 2 fully saturated rings. The third-order valence-corrected chi connectivity index (χ3v) is 4.08. The molecule has 0 bridgehead atoms. The van der Waals surface area contributed by atoms with E-state index in [9.17, 15) is 9.59 Å². The van der Waals surface area contributed by atoms with E-state index in [4.69, 9.17) is 4.74 Å². The number of aryl methyl sites for hydroxylation is 1. The van der Waals surface area contributed by atoms with E-state index in [1.807, 2.05) is 31.2 Å². The molecule has 21 heavy (non-hydrogen) atoms. The van der Waals surface area contributed by atoms with Gasteiger partial charge in [-0.05, 0) is 25.3 Å². The zero-order valence-corrected chi connectivity index (χ0v) is 12.3. The first-order chi connectivity index (χ1) is 10.1. The summed E-state index contributed by atoms with van der Waals surface area (Å²) in [5, 5.41) is 2.97. The molecule has 1 heterocycles. The highest BCUT2D eigenvalue weighted by Gasteiger charge is 2.41. The van der Waals surface area contributed by atoms with Crippen LogP contribution >= 0.6 is 0 Å². The molecule has 2 aliphatic rings. The first-order valence-electron chi connectivity index (χ1n) is 7.30. The Balaban J connectivity index is 1.86. The van der Waals surface area contributed by atoms with Crippen LogP contribution in [0.5, 0.6) is 0 Å². The van der Waals surface area contributed by atoms with E-state index in [1.54, 1.807) is 11.9 Å². The fourth-order valence-corrected chi connectivity index (χ4v) is 2.60. The van der Waals surface area contributed by atoms with Gasteiger partial charge < -0.3 is 15.0 Å². The molecule has 3 rings (SSSR count). The van der Waals surface area contributed by atoms with E-state index < -0.39 is 6.10 Å². The molecule has 0 aromatic heterocycles. The van der Waals surface area contributed by atoms with Gasteiger partial charge in [0.25, 0.3) is 5.91 Å². The monoisotopic (exact) mass is 288 g/mol. The molecular weight excluding hydrogens is 268 g/mol. The van der Waals surface area contributed by atoms with Gasteiger partial charge in [-0.3, -0.25) is 9.59 Å². The van der Waals surface area contributed by atoms with E-state index in [-0.39, 0.29) is 30.5 Å². The Bertz CT molecular complexity index is 551. The van der Waals surface area contributed by atoms with E-state index in [1.165, 1.54) is 0 Å². The van der Waals surface area contributed by atoms with Gasteiger partial charge in [-0.2, -0.15) is 0 Å². The van der Waals surface area contributed by atoms with Crippen molar-refractivity contribution >= 4 is 11.8 Å². The van der Waals surface area contributed by atoms with Gasteiger partial charge in [0.2, 0.25) is 5.91 Å². The molecule has 112 valence electrons. The minimum Gasteiger partial charge on any atom is -0.356 e. The summed E-state index contributed by atoms with van der Waals surface area (Å²) in [6.45, 7) is 1.97. The normalized spacial score (nSPS) is 25.8. The summed E-state index contributed by atoms with van der Waals surface area (Å²) in [4.78, 5) is 25.9. The first-order valence-corrected chi connectivity index (χ1v) is 7.30. The summed E-state index contributed by atoms with van der Waals surface area (Å²) in [6, 6.07) is 7.79. The molecule has 1 saturated carbocycles. The lowest BCUT2D eigenvalue weighted by molar-refractivity contribution is -0.162. The number of hydrogen-bond acceptors (Lipinski definition) is 3. The lowest BCUT2D eigenvalue weighted by Crippen LogP contribution is -2.53. The molecule has 0 spiro atoms. The topological polar surface area (TPSA) is 58.6 Å². The van der Waals surface area contributed by atoms with Crippen LogP contribution in [0.25, 0.3) is 0 Å². The Hall–Kier alpha value is -1.88. The third kappa shape index (κ3) is 2.93. The molecule has 2 atom stereocenters. The van der Waals surface area contributed by atoms with Crippen molar-refractivity contribution < 1.29 is 14.3 Å². The molecule has 1 aliphatic heterocycles. The molecule has 5 nitrogen and oxygen atoms in total. The Morgan fingerprint density at radius 1 is 1.29 bits per heavy atom. The number of amides is 2. The molecule has 2 unspecified atom stereocenters. The second-order valence-electron chi connectivity index (χ2n) is 5.87. The molecule has 0 radical (unpaired) electrons. The molecular formula is C16H20N2O3. The average molecular weight is 288 g/mol. The van der Waals surface area contributed by atoms with Gasteiger partial charge in [-0.1, -0.05) is 29.8 Å². The van der Waals surface area contributed by atoms with Crippen molar-refractivity contribution in [1.82, 2.24) is 10.2 Å². The molecule has 1 N–H and O–H groups in total. The molecule has 1 saturated heterocycles. The van der Waals surface area contributed by atoms with Gasteiger partial charge in [0, 0.05) is 13.1 Å². The lowest BCUT2D eigenvalue weighted by atomic mass is 9.96. The van der Waals surface area contributed by atoms with Crippen molar-refractivity contribution in [2.75, 3.05) is 13.7 Å². The summed E-state index contributed by atoms with van der Waals surface area (Å²) in [6.07, 6.45) is 1.42. The first kappa shape index (κ1) is 14.1. The predicted octanol–water partition coefficient (Wildman–Crippen LogP) is 1.17. The average Bonchev–Trinajstić information content (AvgIpc) is 3.27. The number of likely N-dealkylation sites (N-methyl/N-ethyl adjacent to an activating group) is 1. The fourth-order valence-electron chi connectivity index (χ4n) is 2.60. The van der Waals surface area contributed by atoms with Crippen LogP contribution in [-0.4, -0.2) is 42.5 Å². The largest absolute Gasteiger partial charge is 0.356 e. The molecule has 1 aromatic rings. The number of benzene rings is 1. The number of hydrogen-bond donors (Lipinski definition) is 1. The molecule has 2 amide bonds. The smallest absolute Gasteiger partial charge is 0.251 e. The summed E-state index contributed by atoms with van der Waals surface area (Å²) in [5.41, 5.74) is 2.07. The summed E-state index contributed by atoms with van der Waals surface area (Å²) < 4.78 is 5.55. The predicted molar refractivity (Wildman–Crippen MR) is 77.6 cm³/mol. The number of morpholine rings is 1. The molecule has 1 aliphatic carbocycles. The maximum atomic E-state index is 12.4. The van der Waals surface area contributed by atoms with Crippen LogP contribution in [0.4, 0.5) is 0 Å². The van der Waals surface area contributed by atoms with Gasteiger partial charge in [-0.25, -0.2) is 0 Å². The number of carbonyl (C=O) groups is 2. The van der Waals surface area contributed by atoms with Crippen LogP contribution in [0.1, 0.15) is 30.0 Å². The Labute approximate surface area is 124 Å². The fraction of sp³-hybridized carbons (Fsp3) is 0.500. The number of nitrogens with zero attached hydrogens (tertiary/aromatic N) is 1. The van der Waals surface area contributed by atoms with Gasteiger partial charge in [0.05, 0.1) is 6.04 Å². The quantitative estimate of drug-likeness (QED) is 0.908. The number of rotatable bonds is 3. The van der Waals surface area contributed by atoms with Crippen molar-refractivity contribution in [1.29, 1.82) is 0 Å². The SMILES string of the molecule is Cc1ccc(C2C(C(=O)NC3CC3)OCC(=O)N2C)cc1. The van der Waals surface area contributed by atoms with E-state index in [2.05, 4.69) is 5.32 Å². The zero-order chi connectivity index (χ0) is 15.0. The lowest BCUT2D eigenvalue weighted by Gasteiger charge is -2.38. The molecule has 5 heteroatoms. The minimum atomic E-state index is -0.643. The van der Waals surface area contributed by atoms with Crippen LogP contribution in [0.2, 0.25) is 0 Å². The summed E-state index contributed by atoms with van der Waals surface area (Å²) in [5.74, 6) is -0.224. The van der Waals surface area contributed by atoms with E-state index in [0.717, 1.165) is 24.0 Å². The Morgan fingerprint density at radius 3 is 2.57 bits per heavy atom. The Morgan fingerprint density at radius 2 is 1.95 bits per heavy atom. The van der Waals surface area contributed by atoms with Crippen molar-refractivity contribution in [3.05, 3.63) is 35.4 Å². The van der Waals surface area contributed by atoms with E-state index in [0.29, 0.717) is 0 Å². The van der Waals surface area contributed by atoms with Crippen LogP contribution in [0, 0.1) is 6.92 Å². The van der Waals surface area contributed by atoms with Crippen molar-refractivity contribution in [3.8, 4) is 0 Å². The second-order valence-corrected chi connectivity index (χ2v) is 5.87. The number of ether oxygens (including phenoxy) is 1. The van der Waals surface area contributed by atoms with Crippen molar-refractivity contribution in [2.24, 2.45) is 0 Å². The molecule has 1 aromatic carbocycles. The highest BCUT2D eigenvalue weighted by atomic mass is 16.5. The highest BCUT2D eigenvalue weighted by Crippen LogP contribution is 2.30. The zero-order valence-electron chi connectivity index (χ0n) is 12.3. The van der Waals surface area contributed by atoms with Crippen LogP contribution in [-0.2, 0) is 14.3 Å². The second kappa shape index (κ2) is 5.48. The third-order valence-electron chi connectivity index (χ3n) is 4.08. The van der Waals surface area contributed by atoms with Crippen LogP contribution < -0.4 is 5.32 Å². The minimum absolute atomic E-state index is 0.0401. The summed E-state index contributed by atoms with van der Waals surface area (Å²) >= 11 is 0. The van der Waals surface area contributed by atoms with Gasteiger partial charge in [-0.15, -0.1) is 0 Å². The van der Waals surface area contributed by atoms with Crippen molar-refractivity contribution in [2.45, 2.75) is 38.0 Å².